The highest BCUT2D eigenvalue weighted by atomic mass is 16.9. The van der Waals surface area contributed by atoms with E-state index in [1.165, 1.54) is 0 Å². The van der Waals surface area contributed by atoms with Crippen molar-refractivity contribution in [2.24, 2.45) is 0 Å². The molecule has 3 heteroatoms. The standard InChI is InChI=1S/C7H14O3/c1-5-4-6(2)10-7(8-3)9-5/h5-7H,4H2,1-3H3/t5-,6-/m1/s1. The summed E-state index contributed by atoms with van der Waals surface area (Å²) in [5.41, 5.74) is 0. The van der Waals surface area contributed by atoms with E-state index in [1.54, 1.807) is 7.11 Å². The quantitative estimate of drug-likeness (QED) is 0.555. The third-order valence-corrected chi connectivity index (χ3v) is 1.54. The average Bonchev–Trinajstić information content (AvgIpc) is 1.85. The van der Waals surface area contributed by atoms with Gasteiger partial charge in [-0.25, -0.2) is 0 Å². The maximum Gasteiger partial charge on any atom is 0.271 e. The zero-order valence-corrected chi connectivity index (χ0v) is 6.66. The van der Waals surface area contributed by atoms with Crippen molar-refractivity contribution in [3.05, 3.63) is 0 Å². The predicted octanol–water partition coefficient (Wildman–Crippen LogP) is 1.13. The molecule has 1 fully saturated rings. The Morgan fingerprint density at radius 1 is 1.20 bits per heavy atom. The number of methoxy groups -OCH3 is 1. The van der Waals surface area contributed by atoms with Crippen LogP contribution in [0.5, 0.6) is 0 Å². The predicted molar refractivity (Wildman–Crippen MR) is 36.5 cm³/mol. The first-order valence-electron chi connectivity index (χ1n) is 3.56. The van der Waals surface area contributed by atoms with Gasteiger partial charge in [-0.1, -0.05) is 0 Å². The molecule has 1 saturated heterocycles. The minimum absolute atomic E-state index is 0.244. The fourth-order valence-electron chi connectivity index (χ4n) is 1.10. The van der Waals surface area contributed by atoms with Crippen molar-refractivity contribution in [3.63, 3.8) is 0 Å². The highest BCUT2D eigenvalue weighted by Crippen LogP contribution is 2.17. The van der Waals surface area contributed by atoms with E-state index in [1.807, 2.05) is 13.8 Å². The van der Waals surface area contributed by atoms with Crippen LogP contribution in [0.3, 0.4) is 0 Å². The molecule has 60 valence electrons. The smallest absolute Gasteiger partial charge is 0.271 e. The van der Waals surface area contributed by atoms with Gasteiger partial charge in [-0.15, -0.1) is 0 Å². The molecule has 0 aromatic heterocycles. The van der Waals surface area contributed by atoms with Crippen molar-refractivity contribution in [1.29, 1.82) is 0 Å². The van der Waals surface area contributed by atoms with Crippen LogP contribution in [0.25, 0.3) is 0 Å². The van der Waals surface area contributed by atoms with Crippen LogP contribution in [0.1, 0.15) is 20.3 Å². The van der Waals surface area contributed by atoms with Gasteiger partial charge < -0.3 is 14.2 Å². The lowest BCUT2D eigenvalue weighted by Crippen LogP contribution is -2.36. The molecule has 1 heterocycles. The molecule has 3 nitrogen and oxygen atoms in total. The molecular weight excluding hydrogens is 132 g/mol. The zero-order chi connectivity index (χ0) is 7.56. The van der Waals surface area contributed by atoms with Crippen molar-refractivity contribution >= 4 is 0 Å². The van der Waals surface area contributed by atoms with E-state index >= 15 is 0 Å². The molecule has 0 amide bonds. The lowest BCUT2D eigenvalue weighted by atomic mass is 10.2. The molecule has 2 atom stereocenters. The highest BCUT2D eigenvalue weighted by molar-refractivity contribution is 4.61. The van der Waals surface area contributed by atoms with Gasteiger partial charge in [0.2, 0.25) is 0 Å². The van der Waals surface area contributed by atoms with Crippen LogP contribution in [0.2, 0.25) is 0 Å². The minimum atomic E-state index is -0.459. The van der Waals surface area contributed by atoms with E-state index in [2.05, 4.69) is 0 Å². The van der Waals surface area contributed by atoms with Gasteiger partial charge in [-0.05, 0) is 20.3 Å². The molecule has 0 aliphatic carbocycles. The minimum Gasteiger partial charge on any atom is -0.333 e. The highest BCUT2D eigenvalue weighted by Gasteiger charge is 2.23. The average molecular weight is 146 g/mol. The summed E-state index contributed by atoms with van der Waals surface area (Å²) in [6.45, 7) is 3.58. The Morgan fingerprint density at radius 3 is 2.10 bits per heavy atom. The molecule has 0 bridgehead atoms. The molecule has 0 radical (unpaired) electrons. The van der Waals surface area contributed by atoms with Crippen molar-refractivity contribution in [2.75, 3.05) is 7.11 Å². The Labute approximate surface area is 61.3 Å². The van der Waals surface area contributed by atoms with E-state index in [0.29, 0.717) is 0 Å². The lowest BCUT2D eigenvalue weighted by molar-refractivity contribution is -0.337. The zero-order valence-electron chi connectivity index (χ0n) is 6.66. The molecule has 0 unspecified atom stereocenters. The first kappa shape index (κ1) is 7.98. The summed E-state index contributed by atoms with van der Waals surface area (Å²) >= 11 is 0. The molecule has 1 aliphatic rings. The monoisotopic (exact) mass is 146 g/mol. The van der Waals surface area contributed by atoms with E-state index < -0.39 is 6.48 Å². The first-order valence-corrected chi connectivity index (χ1v) is 3.56. The van der Waals surface area contributed by atoms with Crippen molar-refractivity contribution < 1.29 is 14.2 Å². The largest absolute Gasteiger partial charge is 0.333 e. The van der Waals surface area contributed by atoms with Gasteiger partial charge in [-0.3, -0.25) is 0 Å². The van der Waals surface area contributed by atoms with Crippen molar-refractivity contribution in [1.82, 2.24) is 0 Å². The summed E-state index contributed by atoms with van der Waals surface area (Å²) in [6.07, 6.45) is 1.43. The topological polar surface area (TPSA) is 27.7 Å². The second-order valence-corrected chi connectivity index (χ2v) is 2.65. The molecule has 1 aliphatic heterocycles. The van der Waals surface area contributed by atoms with Gasteiger partial charge in [0.15, 0.2) is 0 Å². The first-order chi connectivity index (χ1) is 4.72. The molecule has 10 heavy (non-hydrogen) atoms. The fourth-order valence-corrected chi connectivity index (χ4v) is 1.10. The maximum absolute atomic E-state index is 5.26. The van der Waals surface area contributed by atoms with Crippen LogP contribution in [-0.4, -0.2) is 25.8 Å². The number of hydrogen-bond acceptors (Lipinski definition) is 3. The molecule has 0 aromatic rings. The van der Waals surface area contributed by atoms with E-state index in [-0.39, 0.29) is 12.2 Å². The molecular formula is C7H14O3. The number of ether oxygens (including phenoxy) is 3. The normalized spacial score (nSPS) is 41.7. The summed E-state index contributed by atoms with van der Waals surface area (Å²) in [7, 11) is 1.58. The molecule has 1 rings (SSSR count). The van der Waals surface area contributed by atoms with Crippen molar-refractivity contribution in [2.45, 2.75) is 39.0 Å². The van der Waals surface area contributed by atoms with Crippen molar-refractivity contribution in [3.8, 4) is 0 Å². The van der Waals surface area contributed by atoms with Gasteiger partial charge in [-0.2, -0.15) is 0 Å². The summed E-state index contributed by atoms with van der Waals surface area (Å²) in [5.74, 6) is 0. The lowest BCUT2D eigenvalue weighted by Gasteiger charge is -2.30. The van der Waals surface area contributed by atoms with Crippen LogP contribution in [0, 0.1) is 0 Å². The van der Waals surface area contributed by atoms with E-state index in [9.17, 15) is 0 Å². The van der Waals surface area contributed by atoms with Crippen LogP contribution in [-0.2, 0) is 14.2 Å². The Balaban J connectivity index is 2.35. The van der Waals surface area contributed by atoms with Gasteiger partial charge in [0.1, 0.15) is 0 Å². The van der Waals surface area contributed by atoms with Crippen LogP contribution < -0.4 is 0 Å². The molecule has 0 saturated carbocycles. The third-order valence-electron chi connectivity index (χ3n) is 1.54. The Kier molecular flexibility index (Phi) is 2.65. The summed E-state index contributed by atoms with van der Waals surface area (Å²) < 4.78 is 15.4. The molecule has 0 N–H and O–H groups in total. The third kappa shape index (κ3) is 1.94. The summed E-state index contributed by atoms with van der Waals surface area (Å²) in [4.78, 5) is 0. The molecule has 0 aromatic carbocycles. The van der Waals surface area contributed by atoms with Gasteiger partial charge in [0.25, 0.3) is 6.48 Å². The Bertz CT molecular complexity index is 95.0. The maximum atomic E-state index is 5.26. The Hall–Kier alpha value is -0.120. The SMILES string of the molecule is COC1O[C@H](C)C[C@@H](C)O1. The van der Waals surface area contributed by atoms with Gasteiger partial charge in [0, 0.05) is 7.11 Å². The number of hydrogen-bond donors (Lipinski definition) is 0. The summed E-state index contributed by atoms with van der Waals surface area (Å²) in [6, 6.07) is 0. The second kappa shape index (κ2) is 3.32. The number of rotatable bonds is 1. The van der Waals surface area contributed by atoms with E-state index in [4.69, 9.17) is 14.2 Å². The fraction of sp³-hybridized carbons (Fsp3) is 1.00. The van der Waals surface area contributed by atoms with Crippen LogP contribution >= 0.6 is 0 Å². The van der Waals surface area contributed by atoms with Crippen LogP contribution in [0.15, 0.2) is 0 Å². The van der Waals surface area contributed by atoms with Crippen LogP contribution in [0.4, 0.5) is 0 Å². The molecule has 0 spiro atoms. The summed E-state index contributed by atoms with van der Waals surface area (Å²) in [5, 5.41) is 0. The second-order valence-electron chi connectivity index (χ2n) is 2.65. The Morgan fingerprint density at radius 2 is 1.70 bits per heavy atom. The van der Waals surface area contributed by atoms with Gasteiger partial charge in [0.05, 0.1) is 12.2 Å². The van der Waals surface area contributed by atoms with Gasteiger partial charge >= 0.3 is 0 Å². The van der Waals surface area contributed by atoms with E-state index in [0.717, 1.165) is 6.42 Å².